The molecule has 0 saturated heterocycles. The van der Waals surface area contributed by atoms with Crippen LogP contribution >= 0.6 is 11.8 Å². The lowest BCUT2D eigenvalue weighted by Gasteiger charge is -2.21. The topological polar surface area (TPSA) is 63.8 Å². The molecule has 3 aromatic rings. The van der Waals surface area contributed by atoms with Crippen molar-refractivity contribution in [3.05, 3.63) is 41.6 Å². The summed E-state index contributed by atoms with van der Waals surface area (Å²) in [6.45, 7) is 1.95. The molecule has 3 aromatic heterocycles. The van der Waals surface area contributed by atoms with Gasteiger partial charge in [-0.15, -0.1) is 0 Å². The van der Waals surface area contributed by atoms with Crippen molar-refractivity contribution >= 4 is 22.8 Å². The summed E-state index contributed by atoms with van der Waals surface area (Å²) in [4.78, 5) is 13.2. The molecule has 0 amide bonds. The fourth-order valence-corrected chi connectivity index (χ4v) is 3.58. The Bertz CT molecular complexity index is 942. The van der Waals surface area contributed by atoms with E-state index in [9.17, 15) is 9.50 Å². The molecule has 3 heterocycles. The van der Waals surface area contributed by atoms with E-state index in [0.29, 0.717) is 40.5 Å². The number of hydrogen-bond donors (Lipinski definition) is 1. The molecule has 0 radical (unpaired) electrons. The highest BCUT2D eigenvalue weighted by Gasteiger charge is 2.36. The predicted octanol–water partition coefficient (Wildman–Crippen LogP) is 3.22. The van der Waals surface area contributed by atoms with Gasteiger partial charge in [0.05, 0.1) is 11.1 Å². The third-order valence-electron chi connectivity index (χ3n) is 4.70. The summed E-state index contributed by atoms with van der Waals surface area (Å²) in [7, 11) is 0. The van der Waals surface area contributed by atoms with Crippen LogP contribution in [-0.2, 0) is 12.0 Å². The maximum atomic E-state index is 14.2. The van der Waals surface area contributed by atoms with Crippen LogP contribution in [0.3, 0.4) is 0 Å². The molecule has 4 rings (SSSR count). The summed E-state index contributed by atoms with van der Waals surface area (Å²) in [6, 6.07) is 3.81. The smallest absolute Gasteiger partial charge is 0.189 e. The Balaban J connectivity index is 1.91. The maximum Gasteiger partial charge on any atom is 0.189 e. The molecule has 0 aliphatic heterocycles. The van der Waals surface area contributed by atoms with Crippen LogP contribution in [0.2, 0.25) is 0 Å². The molecule has 1 aliphatic rings. The van der Waals surface area contributed by atoms with Gasteiger partial charge in [-0.3, -0.25) is 4.57 Å². The number of rotatable bonds is 3. The van der Waals surface area contributed by atoms with E-state index in [-0.39, 0.29) is 5.82 Å². The second-order valence-corrected chi connectivity index (χ2v) is 6.78. The van der Waals surface area contributed by atoms with Gasteiger partial charge in [-0.2, -0.15) is 0 Å². The summed E-state index contributed by atoms with van der Waals surface area (Å²) < 4.78 is 15.9. The minimum atomic E-state index is -0.897. The zero-order chi connectivity index (χ0) is 16.9. The third-order valence-corrected chi connectivity index (χ3v) is 5.26. The minimum Gasteiger partial charge on any atom is -0.384 e. The molecule has 0 fully saturated rings. The minimum absolute atomic E-state index is 0.362. The fraction of sp³-hybridized carbons (Fsp3) is 0.353. The van der Waals surface area contributed by atoms with Gasteiger partial charge >= 0.3 is 0 Å². The molecule has 5 nitrogen and oxygen atoms in total. The Morgan fingerprint density at radius 1 is 1.38 bits per heavy atom. The molecule has 0 saturated carbocycles. The zero-order valence-electron chi connectivity index (χ0n) is 13.5. The Hall–Kier alpha value is -1.99. The van der Waals surface area contributed by atoms with Crippen LogP contribution in [0.15, 0.2) is 29.7 Å². The van der Waals surface area contributed by atoms with Gasteiger partial charge in [0.15, 0.2) is 16.6 Å². The Morgan fingerprint density at radius 3 is 2.96 bits per heavy atom. The van der Waals surface area contributed by atoms with Crippen molar-refractivity contribution in [2.24, 2.45) is 0 Å². The largest absolute Gasteiger partial charge is 0.384 e. The standard InChI is InChI=1S/C17H17FN4OS/c1-3-17(23)7-6-10-4-5-13(20-14(10)17)22-9-12(18)11-8-19-16(24-2)21-15(11)22/h4-5,8-9,23H,3,6-7H2,1-2H3/t17-/m1/s1. The van der Waals surface area contributed by atoms with E-state index in [1.54, 1.807) is 4.57 Å². The molecule has 0 unspecified atom stereocenters. The van der Waals surface area contributed by atoms with E-state index in [1.165, 1.54) is 24.2 Å². The number of halogens is 1. The monoisotopic (exact) mass is 344 g/mol. The summed E-state index contributed by atoms with van der Waals surface area (Å²) in [5, 5.41) is 11.7. The number of fused-ring (bicyclic) bond motifs is 2. The van der Waals surface area contributed by atoms with Crippen molar-refractivity contribution in [2.75, 3.05) is 6.26 Å². The molecule has 0 aromatic carbocycles. The lowest BCUT2D eigenvalue weighted by Crippen LogP contribution is -2.22. The number of aryl methyl sites for hydroxylation is 1. The molecular formula is C17H17FN4OS. The molecule has 24 heavy (non-hydrogen) atoms. The van der Waals surface area contributed by atoms with Crippen molar-refractivity contribution < 1.29 is 9.50 Å². The van der Waals surface area contributed by atoms with Gasteiger partial charge in [0.25, 0.3) is 0 Å². The van der Waals surface area contributed by atoms with E-state index < -0.39 is 5.60 Å². The number of nitrogens with zero attached hydrogens (tertiary/aromatic N) is 4. The number of pyridine rings is 1. The van der Waals surface area contributed by atoms with E-state index in [1.807, 2.05) is 25.3 Å². The first-order chi connectivity index (χ1) is 11.6. The molecule has 0 spiro atoms. The quantitative estimate of drug-likeness (QED) is 0.584. The zero-order valence-corrected chi connectivity index (χ0v) is 14.3. The Labute approximate surface area is 143 Å². The number of aromatic nitrogens is 4. The average Bonchev–Trinajstić information content (AvgIpc) is 3.13. The van der Waals surface area contributed by atoms with E-state index in [0.717, 1.165) is 12.0 Å². The van der Waals surface area contributed by atoms with Crippen LogP contribution in [-0.4, -0.2) is 30.9 Å². The third kappa shape index (κ3) is 2.22. The van der Waals surface area contributed by atoms with Crippen LogP contribution in [0, 0.1) is 5.82 Å². The fourth-order valence-electron chi connectivity index (χ4n) is 3.25. The summed E-state index contributed by atoms with van der Waals surface area (Å²) in [6.07, 6.45) is 6.84. The van der Waals surface area contributed by atoms with Gasteiger partial charge < -0.3 is 5.11 Å². The van der Waals surface area contributed by atoms with Gasteiger partial charge in [0.1, 0.15) is 11.4 Å². The van der Waals surface area contributed by atoms with Gasteiger partial charge in [0, 0.05) is 12.4 Å². The van der Waals surface area contributed by atoms with Crippen LogP contribution in [0.25, 0.3) is 16.9 Å². The van der Waals surface area contributed by atoms with E-state index in [4.69, 9.17) is 0 Å². The highest BCUT2D eigenvalue weighted by molar-refractivity contribution is 7.98. The van der Waals surface area contributed by atoms with Crippen LogP contribution < -0.4 is 0 Å². The summed E-state index contributed by atoms with van der Waals surface area (Å²) >= 11 is 1.40. The van der Waals surface area contributed by atoms with Crippen molar-refractivity contribution in [2.45, 2.75) is 36.9 Å². The van der Waals surface area contributed by atoms with E-state index in [2.05, 4.69) is 15.0 Å². The maximum absolute atomic E-state index is 14.2. The Kier molecular flexibility index (Phi) is 3.58. The predicted molar refractivity (Wildman–Crippen MR) is 90.9 cm³/mol. The van der Waals surface area contributed by atoms with Crippen molar-refractivity contribution in [1.29, 1.82) is 0 Å². The number of hydrogen-bond acceptors (Lipinski definition) is 5. The van der Waals surface area contributed by atoms with E-state index >= 15 is 0 Å². The van der Waals surface area contributed by atoms with Crippen molar-refractivity contribution in [1.82, 2.24) is 19.5 Å². The number of thioether (sulfide) groups is 1. The molecule has 1 aliphatic carbocycles. The van der Waals surface area contributed by atoms with Gasteiger partial charge in [0.2, 0.25) is 0 Å². The average molecular weight is 344 g/mol. The SMILES string of the molecule is CC[C@@]1(O)CCc2ccc(-n3cc(F)c4cnc(SC)nc43)nc21. The second-order valence-electron chi connectivity index (χ2n) is 6.00. The number of aliphatic hydroxyl groups is 1. The molecule has 1 N–H and O–H groups in total. The molecular weight excluding hydrogens is 327 g/mol. The van der Waals surface area contributed by atoms with Crippen LogP contribution in [0.5, 0.6) is 0 Å². The Morgan fingerprint density at radius 2 is 2.21 bits per heavy atom. The van der Waals surface area contributed by atoms with Crippen molar-refractivity contribution in [3.8, 4) is 5.82 Å². The highest BCUT2D eigenvalue weighted by atomic mass is 32.2. The normalized spacial score (nSPS) is 19.8. The van der Waals surface area contributed by atoms with Crippen LogP contribution in [0.1, 0.15) is 31.0 Å². The summed E-state index contributed by atoms with van der Waals surface area (Å²) in [5.41, 5.74) is 1.34. The lowest BCUT2D eigenvalue weighted by molar-refractivity contribution is 0.0306. The van der Waals surface area contributed by atoms with Crippen LogP contribution in [0.4, 0.5) is 4.39 Å². The molecule has 1 atom stereocenters. The second kappa shape index (κ2) is 5.53. The summed E-state index contributed by atoms with van der Waals surface area (Å²) in [5.74, 6) is 0.174. The van der Waals surface area contributed by atoms with Crippen molar-refractivity contribution in [3.63, 3.8) is 0 Å². The van der Waals surface area contributed by atoms with Gasteiger partial charge in [-0.25, -0.2) is 19.3 Å². The molecule has 124 valence electrons. The first-order valence-corrected chi connectivity index (χ1v) is 9.09. The lowest BCUT2D eigenvalue weighted by atomic mass is 9.98. The highest BCUT2D eigenvalue weighted by Crippen LogP contribution is 2.38. The first-order valence-electron chi connectivity index (χ1n) is 7.86. The van der Waals surface area contributed by atoms with Gasteiger partial charge in [-0.1, -0.05) is 24.8 Å². The van der Waals surface area contributed by atoms with Gasteiger partial charge in [-0.05, 0) is 37.1 Å². The molecule has 0 bridgehead atoms. The first kappa shape index (κ1) is 15.5. The molecule has 7 heteroatoms.